The number of hydrogen-bond acceptors (Lipinski definition) is 6. The number of carbonyl (C=O) groups excluding carboxylic acids is 1. The maximum Gasteiger partial charge on any atom is 0.261 e. The van der Waals surface area contributed by atoms with Gasteiger partial charge in [-0.1, -0.05) is 35.5 Å². The fourth-order valence-corrected chi connectivity index (χ4v) is 3.66. The van der Waals surface area contributed by atoms with Gasteiger partial charge >= 0.3 is 0 Å². The van der Waals surface area contributed by atoms with Crippen LogP contribution in [-0.4, -0.2) is 50.9 Å². The van der Waals surface area contributed by atoms with Crippen molar-refractivity contribution in [1.29, 1.82) is 0 Å². The van der Waals surface area contributed by atoms with Crippen LogP contribution in [0.5, 0.6) is 5.88 Å². The number of aromatic nitrogens is 4. The molecular formula is C19H21N5O3. The molecule has 3 aromatic rings. The maximum absolute atomic E-state index is 13.1. The third-order valence-corrected chi connectivity index (χ3v) is 4.91. The minimum atomic E-state index is -0.111. The summed E-state index contributed by atoms with van der Waals surface area (Å²) in [6.45, 7) is 2.86. The fourth-order valence-electron chi connectivity index (χ4n) is 3.66. The van der Waals surface area contributed by atoms with Crippen LogP contribution >= 0.6 is 0 Å². The lowest BCUT2D eigenvalue weighted by Gasteiger charge is -2.16. The molecule has 1 amide bonds. The second-order valence-electron chi connectivity index (χ2n) is 6.74. The zero-order valence-electron chi connectivity index (χ0n) is 15.5. The van der Waals surface area contributed by atoms with Gasteiger partial charge in [-0.2, -0.15) is 4.98 Å². The van der Waals surface area contributed by atoms with Gasteiger partial charge in [-0.25, -0.2) is 0 Å². The standard InChI is InChI=1S/C19H21N5O3/c1-12-20-17(27-22-12)15-11-24(10-14(15)13-7-5-4-6-8-13)19(25)16-9-23(2)21-18(16)26-3/h4-9,14-15H,10-11H2,1-3H3. The third-order valence-electron chi connectivity index (χ3n) is 4.91. The smallest absolute Gasteiger partial charge is 0.261 e. The van der Waals surface area contributed by atoms with Crippen molar-refractivity contribution in [3.8, 4) is 5.88 Å². The summed E-state index contributed by atoms with van der Waals surface area (Å²) in [4.78, 5) is 19.3. The number of nitrogens with zero attached hydrogens (tertiary/aromatic N) is 5. The Balaban J connectivity index is 1.67. The Morgan fingerprint density at radius 3 is 2.63 bits per heavy atom. The Hall–Kier alpha value is -3.16. The first-order chi connectivity index (χ1) is 13.1. The molecule has 1 aliphatic rings. The van der Waals surface area contributed by atoms with Crippen LogP contribution in [0.2, 0.25) is 0 Å². The molecule has 1 saturated heterocycles. The number of hydrogen-bond donors (Lipinski definition) is 0. The van der Waals surface area contributed by atoms with Gasteiger partial charge in [-0.15, -0.1) is 5.10 Å². The molecule has 2 atom stereocenters. The van der Waals surface area contributed by atoms with Crippen molar-refractivity contribution in [2.24, 2.45) is 7.05 Å². The van der Waals surface area contributed by atoms with Gasteiger partial charge in [0.1, 0.15) is 5.56 Å². The minimum Gasteiger partial charge on any atom is -0.479 e. The van der Waals surface area contributed by atoms with Gasteiger partial charge in [0.2, 0.25) is 11.8 Å². The molecule has 0 saturated carbocycles. The molecule has 2 aromatic heterocycles. The zero-order chi connectivity index (χ0) is 19.0. The molecule has 1 aliphatic heterocycles. The Bertz CT molecular complexity index is 949. The molecule has 140 valence electrons. The summed E-state index contributed by atoms with van der Waals surface area (Å²) in [5.41, 5.74) is 1.60. The highest BCUT2D eigenvalue weighted by Gasteiger charge is 2.41. The number of carbonyl (C=O) groups is 1. The van der Waals surface area contributed by atoms with E-state index >= 15 is 0 Å². The van der Waals surface area contributed by atoms with Crippen LogP contribution in [0.3, 0.4) is 0 Å². The average molecular weight is 367 g/mol. The molecular weight excluding hydrogens is 346 g/mol. The molecule has 0 bridgehead atoms. The number of rotatable bonds is 4. The molecule has 1 aromatic carbocycles. The molecule has 0 radical (unpaired) electrons. The number of benzene rings is 1. The van der Waals surface area contributed by atoms with Crippen molar-refractivity contribution < 1.29 is 14.1 Å². The molecule has 3 heterocycles. The van der Waals surface area contributed by atoms with Gasteiger partial charge in [-0.05, 0) is 12.5 Å². The van der Waals surface area contributed by atoms with Gasteiger partial charge in [0.05, 0.1) is 13.0 Å². The molecule has 1 fully saturated rings. The lowest BCUT2D eigenvalue weighted by molar-refractivity contribution is 0.0784. The summed E-state index contributed by atoms with van der Waals surface area (Å²) in [6, 6.07) is 10.1. The van der Waals surface area contributed by atoms with Crippen LogP contribution in [0, 0.1) is 6.92 Å². The summed E-state index contributed by atoms with van der Waals surface area (Å²) < 4.78 is 12.3. The van der Waals surface area contributed by atoms with Crippen LogP contribution < -0.4 is 4.74 Å². The van der Waals surface area contributed by atoms with E-state index in [1.807, 2.05) is 18.2 Å². The van der Waals surface area contributed by atoms with E-state index in [-0.39, 0.29) is 17.7 Å². The van der Waals surface area contributed by atoms with Gasteiger partial charge < -0.3 is 14.2 Å². The largest absolute Gasteiger partial charge is 0.479 e. The first kappa shape index (κ1) is 17.3. The van der Waals surface area contributed by atoms with E-state index in [0.717, 1.165) is 5.56 Å². The molecule has 27 heavy (non-hydrogen) atoms. The summed E-state index contributed by atoms with van der Waals surface area (Å²) in [5, 5.41) is 8.11. The topological polar surface area (TPSA) is 86.3 Å². The van der Waals surface area contributed by atoms with E-state index in [4.69, 9.17) is 9.26 Å². The highest BCUT2D eigenvalue weighted by Crippen LogP contribution is 2.39. The van der Waals surface area contributed by atoms with Gasteiger partial charge in [0.15, 0.2) is 5.82 Å². The summed E-state index contributed by atoms with van der Waals surface area (Å²) in [5.74, 6) is 1.40. The molecule has 0 spiro atoms. The molecule has 0 N–H and O–H groups in total. The van der Waals surface area contributed by atoms with E-state index < -0.39 is 0 Å². The van der Waals surface area contributed by atoms with Gasteiger partial charge in [0, 0.05) is 32.3 Å². The van der Waals surface area contributed by atoms with Crippen molar-refractivity contribution >= 4 is 5.91 Å². The van der Waals surface area contributed by atoms with Crippen LogP contribution in [-0.2, 0) is 7.05 Å². The van der Waals surface area contributed by atoms with Crippen molar-refractivity contribution in [3.63, 3.8) is 0 Å². The fraction of sp³-hybridized carbons (Fsp3) is 0.368. The van der Waals surface area contributed by atoms with Crippen molar-refractivity contribution in [2.45, 2.75) is 18.8 Å². The van der Waals surface area contributed by atoms with Crippen molar-refractivity contribution in [1.82, 2.24) is 24.8 Å². The summed E-state index contributed by atoms with van der Waals surface area (Å²) in [7, 11) is 3.28. The second kappa shape index (κ2) is 6.86. The lowest BCUT2D eigenvalue weighted by Crippen LogP contribution is -2.29. The predicted molar refractivity (Wildman–Crippen MR) is 96.6 cm³/mol. The van der Waals surface area contributed by atoms with E-state index in [1.165, 1.54) is 7.11 Å². The Labute approximate surface area is 156 Å². The SMILES string of the molecule is COc1nn(C)cc1C(=O)N1CC(c2ccccc2)C(c2nc(C)no2)C1. The van der Waals surface area contributed by atoms with Crippen LogP contribution in [0.15, 0.2) is 41.1 Å². The average Bonchev–Trinajstić information content (AvgIpc) is 3.39. The van der Waals surface area contributed by atoms with Gasteiger partial charge in [-0.3, -0.25) is 9.48 Å². The van der Waals surface area contributed by atoms with Crippen LogP contribution in [0.4, 0.5) is 0 Å². The number of amides is 1. The van der Waals surface area contributed by atoms with Crippen molar-refractivity contribution in [2.75, 3.05) is 20.2 Å². The highest BCUT2D eigenvalue weighted by atomic mass is 16.5. The van der Waals surface area contributed by atoms with Crippen LogP contribution in [0.1, 0.15) is 39.5 Å². The zero-order valence-corrected chi connectivity index (χ0v) is 15.5. The molecule has 2 unspecified atom stereocenters. The summed E-state index contributed by atoms with van der Waals surface area (Å²) >= 11 is 0. The normalized spacial score (nSPS) is 19.4. The predicted octanol–water partition coefficient (Wildman–Crippen LogP) is 2.14. The minimum absolute atomic E-state index is 0.0554. The number of methoxy groups -OCH3 is 1. The quantitative estimate of drug-likeness (QED) is 0.702. The van der Waals surface area contributed by atoms with E-state index in [9.17, 15) is 4.79 Å². The molecule has 8 nitrogen and oxygen atoms in total. The maximum atomic E-state index is 13.1. The number of likely N-dealkylation sites (tertiary alicyclic amines) is 1. The first-order valence-corrected chi connectivity index (χ1v) is 8.79. The van der Waals surface area contributed by atoms with Crippen LogP contribution in [0.25, 0.3) is 0 Å². The molecule has 4 rings (SSSR count). The number of aryl methyl sites for hydroxylation is 2. The first-order valence-electron chi connectivity index (χ1n) is 8.79. The Morgan fingerprint density at radius 2 is 1.96 bits per heavy atom. The highest BCUT2D eigenvalue weighted by molar-refractivity contribution is 5.96. The lowest BCUT2D eigenvalue weighted by atomic mass is 9.89. The Morgan fingerprint density at radius 1 is 1.22 bits per heavy atom. The van der Waals surface area contributed by atoms with Gasteiger partial charge in [0.25, 0.3) is 5.91 Å². The van der Waals surface area contributed by atoms with E-state index in [1.54, 1.807) is 29.7 Å². The monoisotopic (exact) mass is 367 g/mol. The van der Waals surface area contributed by atoms with Crippen molar-refractivity contribution in [3.05, 3.63) is 59.4 Å². The molecule has 8 heteroatoms. The number of ether oxygens (including phenoxy) is 1. The Kier molecular flexibility index (Phi) is 4.39. The second-order valence-corrected chi connectivity index (χ2v) is 6.74. The van der Waals surface area contributed by atoms with E-state index in [2.05, 4.69) is 27.4 Å². The third kappa shape index (κ3) is 3.18. The summed E-state index contributed by atoms with van der Waals surface area (Å²) in [6.07, 6.45) is 1.68. The molecule has 0 aliphatic carbocycles. The van der Waals surface area contributed by atoms with E-state index in [0.29, 0.717) is 36.2 Å².